The van der Waals surface area contributed by atoms with Crippen molar-refractivity contribution in [2.45, 2.75) is 84.2 Å². The number of nitrogens with zero attached hydrogens (tertiary/aromatic N) is 2. The third-order valence-corrected chi connectivity index (χ3v) is 4.98. The van der Waals surface area contributed by atoms with Gasteiger partial charge in [0.25, 0.3) is 0 Å². The van der Waals surface area contributed by atoms with E-state index in [2.05, 4.69) is 44.0 Å². The zero-order valence-corrected chi connectivity index (χ0v) is 14.6. The van der Waals surface area contributed by atoms with Crippen LogP contribution in [0.1, 0.15) is 72.6 Å². The molecule has 1 aliphatic heterocycles. The van der Waals surface area contributed by atoms with Gasteiger partial charge in [-0.25, -0.2) is 0 Å². The first-order valence-corrected chi connectivity index (χ1v) is 8.96. The van der Waals surface area contributed by atoms with Crippen molar-refractivity contribution in [3.8, 4) is 6.07 Å². The Morgan fingerprint density at radius 1 is 1.29 bits per heavy atom. The maximum absolute atomic E-state index is 9.55. The summed E-state index contributed by atoms with van der Waals surface area (Å²) in [5.41, 5.74) is -0.327. The molecule has 1 rings (SSSR count). The molecule has 21 heavy (non-hydrogen) atoms. The molecule has 0 aliphatic carbocycles. The van der Waals surface area contributed by atoms with Crippen LogP contribution < -0.4 is 5.32 Å². The van der Waals surface area contributed by atoms with Crippen LogP contribution in [0.4, 0.5) is 0 Å². The Bertz CT molecular complexity index is 321. The molecule has 1 N–H and O–H groups in total. The highest BCUT2D eigenvalue weighted by Gasteiger charge is 2.28. The average molecular weight is 293 g/mol. The van der Waals surface area contributed by atoms with E-state index < -0.39 is 0 Å². The molecule has 0 bridgehead atoms. The van der Waals surface area contributed by atoms with Crippen molar-refractivity contribution in [1.82, 2.24) is 10.2 Å². The molecule has 0 aromatic rings. The lowest BCUT2D eigenvalue weighted by Crippen LogP contribution is -2.47. The van der Waals surface area contributed by atoms with E-state index in [1.165, 1.54) is 38.8 Å². The van der Waals surface area contributed by atoms with E-state index in [1.54, 1.807) is 0 Å². The molecule has 0 spiro atoms. The predicted octanol–water partition coefficient (Wildman–Crippen LogP) is 3.95. The predicted molar refractivity (Wildman–Crippen MR) is 90.2 cm³/mol. The van der Waals surface area contributed by atoms with Crippen LogP contribution >= 0.6 is 0 Å². The third-order valence-electron chi connectivity index (χ3n) is 4.98. The molecule has 0 saturated carbocycles. The van der Waals surface area contributed by atoms with Gasteiger partial charge in [0.1, 0.15) is 5.54 Å². The lowest BCUT2D eigenvalue weighted by atomic mass is 9.91. The van der Waals surface area contributed by atoms with Gasteiger partial charge in [0.05, 0.1) is 6.07 Å². The lowest BCUT2D eigenvalue weighted by molar-refractivity contribution is 0.253. The first-order chi connectivity index (χ1) is 10.0. The largest absolute Gasteiger partial charge is 0.303 e. The molecule has 2 atom stereocenters. The van der Waals surface area contributed by atoms with Gasteiger partial charge in [0.15, 0.2) is 0 Å². The molecule has 1 fully saturated rings. The van der Waals surface area contributed by atoms with Crippen LogP contribution in [0.15, 0.2) is 0 Å². The fourth-order valence-corrected chi connectivity index (χ4v) is 3.53. The zero-order valence-electron chi connectivity index (χ0n) is 14.6. The highest BCUT2D eigenvalue weighted by Crippen LogP contribution is 2.22. The van der Waals surface area contributed by atoms with E-state index in [4.69, 9.17) is 0 Å². The van der Waals surface area contributed by atoms with Crippen molar-refractivity contribution >= 4 is 0 Å². The van der Waals surface area contributed by atoms with E-state index in [0.717, 1.165) is 31.7 Å². The Balaban J connectivity index is 2.38. The molecule has 0 aromatic heterocycles. The van der Waals surface area contributed by atoms with E-state index in [1.807, 2.05) is 0 Å². The Kier molecular flexibility index (Phi) is 8.29. The fraction of sp³-hybridized carbons (Fsp3) is 0.944. The van der Waals surface area contributed by atoms with Gasteiger partial charge in [-0.1, -0.05) is 20.3 Å². The third kappa shape index (κ3) is 6.36. The zero-order chi connectivity index (χ0) is 15.7. The van der Waals surface area contributed by atoms with Crippen molar-refractivity contribution in [1.29, 1.82) is 5.26 Å². The number of hydrogen-bond donors (Lipinski definition) is 1. The van der Waals surface area contributed by atoms with Crippen LogP contribution in [0.3, 0.4) is 0 Å². The lowest BCUT2D eigenvalue weighted by Gasteiger charge is -2.30. The van der Waals surface area contributed by atoms with E-state index in [0.29, 0.717) is 6.04 Å². The summed E-state index contributed by atoms with van der Waals surface area (Å²) in [6, 6.07) is 2.90. The van der Waals surface area contributed by atoms with E-state index >= 15 is 0 Å². The van der Waals surface area contributed by atoms with Gasteiger partial charge < -0.3 is 4.90 Å². The number of hydrogen-bond acceptors (Lipinski definition) is 3. The summed E-state index contributed by atoms with van der Waals surface area (Å²) in [6.45, 7) is 12.3. The molecule has 122 valence electrons. The minimum absolute atomic E-state index is 0.327. The van der Waals surface area contributed by atoms with Crippen molar-refractivity contribution in [3.05, 3.63) is 0 Å². The van der Waals surface area contributed by atoms with Gasteiger partial charge >= 0.3 is 0 Å². The smallest absolute Gasteiger partial charge is 0.106 e. The molecule has 3 heteroatoms. The normalized spacial score (nSPS) is 23.5. The average Bonchev–Trinajstić information content (AvgIpc) is 2.71. The SMILES string of the molecule is CCC1CCCN(CCCC(C#N)(CC)NC(C)C)CC1. The van der Waals surface area contributed by atoms with Crippen LogP contribution in [0.5, 0.6) is 0 Å². The number of rotatable bonds is 8. The molecular formula is C18H35N3. The summed E-state index contributed by atoms with van der Waals surface area (Å²) in [7, 11) is 0. The number of likely N-dealkylation sites (tertiary alicyclic amines) is 1. The maximum Gasteiger partial charge on any atom is 0.106 e. The van der Waals surface area contributed by atoms with Crippen molar-refractivity contribution < 1.29 is 0 Å². The Morgan fingerprint density at radius 3 is 2.62 bits per heavy atom. The second-order valence-electron chi connectivity index (χ2n) is 7.00. The van der Waals surface area contributed by atoms with Crippen LogP contribution in [0, 0.1) is 17.2 Å². The molecule has 1 saturated heterocycles. The first-order valence-electron chi connectivity index (χ1n) is 8.96. The van der Waals surface area contributed by atoms with Gasteiger partial charge in [-0.3, -0.25) is 5.32 Å². The standard InChI is InChI=1S/C18H35N3/c1-5-17-9-7-12-21(14-10-17)13-8-11-18(6-2,15-19)20-16(3)4/h16-17,20H,5-14H2,1-4H3. The summed E-state index contributed by atoms with van der Waals surface area (Å²) < 4.78 is 0. The van der Waals surface area contributed by atoms with Crippen molar-refractivity contribution in [3.63, 3.8) is 0 Å². The summed E-state index contributed by atoms with van der Waals surface area (Å²) in [5.74, 6) is 0.937. The molecule has 1 heterocycles. The second-order valence-corrected chi connectivity index (χ2v) is 7.00. The minimum Gasteiger partial charge on any atom is -0.303 e. The van der Waals surface area contributed by atoms with E-state index in [-0.39, 0.29) is 5.54 Å². The number of nitriles is 1. The maximum atomic E-state index is 9.55. The Morgan fingerprint density at radius 2 is 2.05 bits per heavy atom. The second kappa shape index (κ2) is 9.43. The highest BCUT2D eigenvalue weighted by molar-refractivity contribution is 5.06. The molecule has 0 amide bonds. The summed E-state index contributed by atoms with van der Waals surface area (Å²) in [6.07, 6.45) is 8.42. The summed E-state index contributed by atoms with van der Waals surface area (Å²) in [5, 5.41) is 13.0. The number of nitrogens with one attached hydrogen (secondary N) is 1. The van der Waals surface area contributed by atoms with Gasteiger partial charge in [-0.05, 0) is 77.9 Å². The topological polar surface area (TPSA) is 39.1 Å². The first kappa shape index (κ1) is 18.5. The highest BCUT2D eigenvalue weighted by atomic mass is 15.1. The van der Waals surface area contributed by atoms with Crippen molar-refractivity contribution in [2.75, 3.05) is 19.6 Å². The minimum atomic E-state index is -0.327. The molecule has 2 unspecified atom stereocenters. The van der Waals surface area contributed by atoms with Gasteiger partial charge in [0.2, 0.25) is 0 Å². The molecule has 0 radical (unpaired) electrons. The van der Waals surface area contributed by atoms with Crippen molar-refractivity contribution in [2.24, 2.45) is 5.92 Å². The van der Waals surface area contributed by atoms with E-state index in [9.17, 15) is 5.26 Å². The monoisotopic (exact) mass is 293 g/mol. The molecular weight excluding hydrogens is 258 g/mol. The molecule has 1 aliphatic rings. The summed E-state index contributed by atoms with van der Waals surface area (Å²) >= 11 is 0. The summed E-state index contributed by atoms with van der Waals surface area (Å²) in [4.78, 5) is 2.61. The molecule has 0 aromatic carbocycles. The Hall–Kier alpha value is -0.590. The quantitative estimate of drug-likeness (QED) is 0.736. The van der Waals surface area contributed by atoms with Gasteiger partial charge in [0, 0.05) is 6.04 Å². The van der Waals surface area contributed by atoms with Gasteiger partial charge in [-0.2, -0.15) is 5.26 Å². The van der Waals surface area contributed by atoms with Crippen LogP contribution in [-0.4, -0.2) is 36.1 Å². The van der Waals surface area contributed by atoms with Crippen LogP contribution in [-0.2, 0) is 0 Å². The van der Waals surface area contributed by atoms with Crippen LogP contribution in [0.25, 0.3) is 0 Å². The fourth-order valence-electron chi connectivity index (χ4n) is 3.53. The van der Waals surface area contributed by atoms with Crippen LogP contribution in [0.2, 0.25) is 0 Å². The molecule has 3 nitrogen and oxygen atoms in total. The van der Waals surface area contributed by atoms with Gasteiger partial charge in [-0.15, -0.1) is 0 Å². The Labute approximate surface area is 132 Å².